The molecule has 1 heterocycles. The predicted octanol–water partition coefficient (Wildman–Crippen LogP) is 4.10. The Bertz CT molecular complexity index is 390. The van der Waals surface area contributed by atoms with Crippen molar-refractivity contribution in [1.29, 1.82) is 0 Å². The molecule has 0 aromatic heterocycles. The highest BCUT2D eigenvalue weighted by molar-refractivity contribution is 9.10. The van der Waals surface area contributed by atoms with E-state index >= 15 is 0 Å². The number of piperidine rings is 1. The number of nitrogens with zero attached hydrogens (tertiary/aromatic N) is 1. The Hall–Kier alpha value is -0.380. The summed E-state index contributed by atoms with van der Waals surface area (Å²) in [4.78, 5) is 2.61. The molecule has 0 saturated carbocycles. The smallest absolute Gasteiger partial charge is 0.0501 e. The molecule has 1 saturated heterocycles. The molecule has 0 radical (unpaired) electrons. The van der Waals surface area contributed by atoms with Gasteiger partial charge in [-0.05, 0) is 50.4 Å². The van der Waals surface area contributed by atoms with Gasteiger partial charge in [-0.1, -0.05) is 41.4 Å². The summed E-state index contributed by atoms with van der Waals surface area (Å²) in [6.45, 7) is 5.70. The molecule has 3 atom stereocenters. The van der Waals surface area contributed by atoms with Crippen LogP contribution in [-0.4, -0.2) is 23.5 Å². The van der Waals surface area contributed by atoms with Crippen LogP contribution in [0.5, 0.6) is 0 Å². The number of likely N-dealkylation sites (tertiary alicyclic amines) is 1. The van der Waals surface area contributed by atoms with Gasteiger partial charge in [0, 0.05) is 16.6 Å². The standard InChI is InChI=1S/C16H25BrN2/c1-3-15(18)16(13-7-9-14(17)10-8-13)19-11-5-4-6-12(19)2/h7-10,12,15-16H,3-6,11,18H2,1-2H3. The van der Waals surface area contributed by atoms with Gasteiger partial charge in [0.15, 0.2) is 0 Å². The van der Waals surface area contributed by atoms with Crippen LogP contribution in [0, 0.1) is 0 Å². The number of hydrogen-bond acceptors (Lipinski definition) is 2. The van der Waals surface area contributed by atoms with Crippen LogP contribution >= 0.6 is 15.9 Å². The first kappa shape index (κ1) is 15.0. The highest BCUT2D eigenvalue weighted by Crippen LogP contribution is 2.32. The number of benzene rings is 1. The number of hydrogen-bond donors (Lipinski definition) is 1. The lowest BCUT2D eigenvalue weighted by atomic mass is 9.92. The van der Waals surface area contributed by atoms with Crippen molar-refractivity contribution >= 4 is 15.9 Å². The molecule has 2 rings (SSSR count). The van der Waals surface area contributed by atoms with Crippen LogP contribution in [0.15, 0.2) is 28.7 Å². The lowest BCUT2D eigenvalue weighted by Crippen LogP contribution is -2.47. The zero-order valence-electron chi connectivity index (χ0n) is 12.0. The highest BCUT2D eigenvalue weighted by Gasteiger charge is 2.30. The van der Waals surface area contributed by atoms with Crippen LogP contribution in [0.25, 0.3) is 0 Å². The molecular weight excluding hydrogens is 300 g/mol. The zero-order valence-corrected chi connectivity index (χ0v) is 13.6. The van der Waals surface area contributed by atoms with Gasteiger partial charge in [-0.2, -0.15) is 0 Å². The number of nitrogens with two attached hydrogens (primary N) is 1. The Morgan fingerprint density at radius 3 is 2.58 bits per heavy atom. The second-order valence-corrected chi connectivity index (χ2v) is 6.57. The third-order valence-corrected chi connectivity index (χ3v) is 4.83. The topological polar surface area (TPSA) is 29.3 Å². The largest absolute Gasteiger partial charge is 0.326 e. The fraction of sp³-hybridized carbons (Fsp3) is 0.625. The fourth-order valence-electron chi connectivity index (χ4n) is 3.10. The van der Waals surface area contributed by atoms with Crippen molar-refractivity contribution in [2.75, 3.05) is 6.54 Å². The van der Waals surface area contributed by atoms with Crippen LogP contribution < -0.4 is 5.73 Å². The van der Waals surface area contributed by atoms with E-state index in [0.29, 0.717) is 12.1 Å². The minimum absolute atomic E-state index is 0.210. The summed E-state index contributed by atoms with van der Waals surface area (Å²) in [5, 5.41) is 0. The molecule has 1 aliphatic rings. The van der Waals surface area contributed by atoms with Crippen LogP contribution in [-0.2, 0) is 0 Å². The van der Waals surface area contributed by atoms with Crippen molar-refractivity contribution in [3.63, 3.8) is 0 Å². The lowest BCUT2D eigenvalue weighted by Gasteiger charge is -2.42. The first-order valence-electron chi connectivity index (χ1n) is 7.40. The molecule has 1 aliphatic heterocycles. The Kier molecular flexibility index (Phi) is 5.43. The van der Waals surface area contributed by atoms with Gasteiger partial charge in [0.05, 0.1) is 6.04 Å². The Morgan fingerprint density at radius 2 is 2.00 bits per heavy atom. The van der Waals surface area contributed by atoms with Crippen molar-refractivity contribution in [3.05, 3.63) is 34.3 Å². The molecule has 0 bridgehead atoms. The number of halogens is 1. The van der Waals surface area contributed by atoms with Crippen LogP contribution in [0.3, 0.4) is 0 Å². The predicted molar refractivity (Wildman–Crippen MR) is 85.2 cm³/mol. The normalized spacial score (nSPS) is 24.1. The molecule has 2 nitrogen and oxygen atoms in total. The Balaban J connectivity index is 2.27. The minimum atomic E-state index is 0.210. The van der Waals surface area contributed by atoms with E-state index < -0.39 is 0 Å². The molecule has 0 aliphatic carbocycles. The molecule has 1 aromatic carbocycles. The quantitative estimate of drug-likeness (QED) is 0.903. The highest BCUT2D eigenvalue weighted by atomic mass is 79.9. The first-order chi connectivity index (χ1) is 9.13. The molecular formula is C16H25BrN2. The summed E-state index contributed by atoms with van der Waals surface area (Å²) >= 11 is 3.51. The summed E-state index contributed by atoms with van der Waals surface area (Å²) in [5.41, 5.74) is 7.78. The van der Waals surface area contributed by atoms with E-state index in [4.69, 9.17) is 5.73 Å². The molecule has 19 heavy (non-hydrogen) atoms. The molecule has 3 heteroatoms. The van der Waals surface area contributed by atoms with Gasteiger partial charge in [-0.15, -0.1) is 0 Å². The molecule has 2 N–H and O–H groups in total. The van der Waals surface area contributed by atoms with Crippen molar-refractivity contribution in [2.24, 2.45) is 5.73 Å². The maximum atomic E-state index is 6.43. The molecule has 1 fully saturated rings. The maximum absolute atomic E-state index is 6.43. The maximum Gasteiger partial charge on any atom is 0.0501 e. The van der Waals surface area contributed by atoms with Gasteiger partial charge in [-0.25, -0.2) is 0 Å². The van der Waals surface area contributed by atoms with Crippen molar-refractivity contribution in [1.82, 2.24) is 4.90 Å². The van der Waals surface area contributed by atoms with E-state index in [1.807, 2.05) is 0 Å². The average Bonchev–Trinajstić information content (AvgIpc) is 2.43. The lowest BCUT2D eigenvalue weighted by molar-refractivity contribution is 0.0880. The molecule has 3 unspecified atom stereocenters. The van der Waals surface area contributed by atoms with Gasteiger partial charge in [0.1, 0.15) is 0 Å². The average molecular weight is 325 g/mol. The van der Waals surface area contributed by atoms with Crippen LogP contribution in [0.2, 0.25) is 0 Å². The Labute approximate surface area is 125 Å². The van der Waals surface area contributed by atoms with E-state index in [-0.39, 0.29) is 6.04 Å². The van der Waals surface area contributed by atoms with E-state index in [1.54, 1.807) is 0 Å². The minimum Gasteiger partial charge on any atom is -0.326 e. The Morgan fingerprint density at radius 1 is 1.32 bits per heavy atom. The molecule has 1 aromatic rings. The van der Waals surface area contributed by atoms with Gasteiger partial charge in [0.2, 0.25) is 0 Å². The van der Waals surface area contributed by atoms with E-state index in [0.717, 1.165) is 10.9 Å². The fourth-order valence-corrected chi connectivity index (χ4v) is 3.37. The second-order valence-electron chi connectivity index (χ2n) is 5.65. The van der Waals surface area contributed by atoms with Crippen molar-refractivity contribution in [3.8, 4) is 0 Å². The zero-order chi connectivity index (χ0) is 13.8. The molecule has 0 amide bonds. The van der Waals surface area contributed by atoms with Crippen molar-refractivity contribution < 1.29 is 0 Å². The van der Waals surface area contributed by atoms with Crippen molar-refractivity contribution in [2.45, 2.75) is 57.7 Å². The van der Waals surface area contributed by atoms with Crippen LogP contribution in [0.1, 0.15) is 51.1 Å². The monoisotopic (exact) mass is 324 g/mol. The first-order valence-corrected chi connectivity index (χ1v) is 8.19. The molecule has 0 spiro atoms. The van der Waals surface area contributed by atoms with Crippen LogP contribution in [0.4, 0.5) is 0 Å². The summed E-state index contributed by atoms with van der Waals surface area (Å²) in [6, 6.07) is 9.88. The second kappa shape index (κ2) is 6.87. The van der Waals surface area contributed by atoms with E-state index in [9.17, 15) is 0 Å². The van der Waals surface area contributed by atoms with Gasteiger partial charge in [0.25, 0.3) is 0 Å². The summed E-state index contributed by atoms with van der Waals surface area (Å²) in [6.07, 6.45) is 4.97. The SMILES string of the molecule is CCC(N)C(c1ccc(Br)cc1)N1CCCCC1C. The summed E-state index contributed by atoms with van der Waals surface area (Å²) in [5.74, 6) is 0. The third kappa shape index (κ3) is 3.59. The van der Waals surface area contributed by atoms with E-state index in [1.165, 1.54) is 31.4 Å². The van der Waals surface area contributed by atoms with Gasteiger partial charge < -0.3 is 5.73 Å². The van der Waals surface area contributed by atoms with Gasteiger partial charge in [-0.3, -0.25) is 4.90 Å². The number of rotatable bonds is 4. The van der Waals surface area contributed by atoms with E-state index in [2.05, 4.69) is 58.9 Å². The summed E-state index contributed by atoms with van der Waals surface area (Å²) in [7, 11) is 0. The third-order valence-electron chi connectivity index (χ3n) is 4.30. The molecule has 106 valence electrons. The van der Waals surface area contributed by atoms with Gasteiger partial charge >= 0.3 is 0 Å². The summed E-state index contributed by atoms with van der Waals surface area (Å²) < 4.78 is 1.13.